The third kappa shape index (κ3) is 14.0. The van der Waals surface area contributed by atoms with Gasteiger partial charge in [-0.3, -0.25) is 0 Å². The fraction of sp³-hybridized carbons (Fsp3) is 0.708. The summed E-state index contributed by atoms with van der Waals surface area (Å²) in [5, 5.41) is 0.322. The Balaban J connectivity index is 3.58. The Bertz CT molecular complexity index is 537. The molecule has 0 aliphatic carbocycles. The van der Waals surface area contributed by atoms with Gasteiger partial charge in [-0.25, -0.2) is 0 Å². The predicted octanol–water partition coefficient (Wildman–Crippen LogP) is 7.26. The first-order chi connectivity index (χ1) is 12.3. The lowest BCUT2D eigenvalue weighted by molar-refractivity contribution is 0.277. The SMILES string of the molecule is CCCC#CC#CC=C=CCCCCCCCCO[Si](C)(C)C(C)(C)C. The van der Waals surface area contributed by atoms with Crippen LogP contribution in [0.15, 0.2) is 17.9 Å². The van der Waals surface area contributed by atoms with E-state index in [1.165, 1.54) is 38.5 Å². The third-order valence-electron chi connectivity index (χ3n) is 4.88. The zero-order chi connectivity index (χ0) is 19.7. The lowest BCUT2D eigenvalue weighted by Crippen LogP contribution is -2.40. The molecule has 0 bridgehead atoms. The molecule has 0 heterocycles. The Morgan fingerprint density at radius 2 is 1.58 bits per heavy atom. The smallest absolute Gasteiger partial charge is 0.191 e. The van der Waals surface area contributed by atoms with Crippen molar-refractivity contribution in [3.8, 4) is 23.7 Å². The molecule has 0 atom stereocenters. The normalized spacial score (nSPS) is 10.8. The van der Waals surface area contributed by atoms with Gasteiger partial charge in [0.2, 0.25) is 0 Å². The van der Waals surface area contributed by atoms with Crippen molar-refractivity contribution >= 4 is 8.32 Å². The van der Waals surface area contributed by atoms with Crippen molar-refractivity contribution in [1.29, 1.82) is 0 Å². The van der Waals surface area contributed by atoms with Crippen molar-refractivity contribution in [2.45, 2.75) is 104 Å². The average molecular weight is 373 g/mol. The van der Waals surface area contributed by atoms with Crippen LogP contribution in [0.25, 0.3) is 0 Å². The molecule has 26 heavy (non-hydrogen) atoms. The predicted molar refractivity (Wildman–Crippen MR) is 119 cm³/mol. The minimum Gasteiger partial charge on any atom is -0.417 e. The maximum absolute atomic E-state index is 6.22. The zero-order valence-corrected chi connectivity index (χ0v) is 19.1. The minimum absolute atomic E-state index is 0.322. The first-order valence-electron chi connectivity index (χ1n) is 10.3. The molecule has 0 aromatic heterocycles. The summed E-state index contributed by atoms with van der Waals surface area (Å²) in [6.45, 7) is 14.6. The van der Waals surface area contributed by atoms with Gasteiger partial charge in [-0.15, -0.1) is 5.73 Å². The highest BCUT2D eigenvalue weighted by Gasteiger charge is 2.36. The van der Waals surface area contributed by atoms with E-state index in [0.29, 0.717) is 5.04 Å². The second-order valence-corrected chi connectivity index (χ2v) is 13.2. The van der Waals surface area contributed by atoms with E-state index >= 15 is 0 Å². The van der Waals surface area contributed by atoms with E-state index in [-0.39, 0.29) is 0 Å². The van der Waals surface area contributed by atoms with Crippen LogP contribution in [0.1, 0.15) is 85.5 Å². The maximum atomic E-state index is 6.22. The molecule has 0 spiro atoms. The highest BCUT2D eigenvalue weighted by molar-refractivity contribution is 6.74. The van der Waals surface area contributed by atoms with Crippen molar-refractivity contribution in [3.05, 3.63) is 17.9 Å². The maximum Gasteiger partial charge on any atom is 0.191 e. The number of hydrogen-bond donors (Lipinski definition) is 0. The molecule has 2 heteroatoms. The summed E-state index contributed by atoms with van der Waals surface area (Å²) in [6.07, 6.45) is 14.6. The standard InChI is InChI=1S/C24H40OSi/c1-7-8-9-10-11-12-13-14-15-16-17-18-19-20-21-22-23-25-26(5,6)24(2,3)4/h13,15H,7-8,16-23H2,1-6H3. The van der Waals surface area contributed by atoms with Crippen molar-refractivity contribution in [2.24, 2.45) is 0 Å². The Kier molecular flexibility index (Phi) is 14.3. The van der Waals surface area contributed by atoms with Gasteiger partial charge in [0.05, 0.1) is 0 Å². The van der Waals surface area contributed by atoms with Gasteiger partial charge < -0.3 is 4.43 Å². The fourth-order valence-corrected chi connectivity index (χ4v) is 3.17. The van der Waals surface area contributed by atoms with Crippen LogP contribution in [-0.2, 0) is 4.43 Å². The molecule has 0 rings (SSSR count). The molecule has 0 aliphatic heterocycles. The van der Waals surface area contributed by atoms with Crippen LogP contribution in [-0.4, -0.2) is 14.9 Å². The lowest BCUT2D eigenvalue weighted by atomic mass is 10.1. The highest BCUT2D eigenvalue weighted by Crippen LogP contribution is 2.36. The quantitative estimate of drug-likeness (QED) is 0.160. The summed E-state index contributed by atoms with van der Waals surface area (Å²) < 4.78 is 6.22. The van der Waals surface area contributed by atoms with Crippen LogP contribution in [0.2, 0.25) is 18.1 Å². The molecule has 0 fully saturated rings. The van der Waals surface area contributed by atoms with Crippen LogP contribution >= 0.6 is 0 Å². The largest absolute Gasteiger partial charge is 0.417 e. The van der Waals surface area contributed by atoms with E-state index < -0.39 is 8.32 Å². The number of hydrogen-bond acceptors (Lipinski definition) is 1. The Labute approximate surface area is 164 Å². The Morgan fingerprint density at radius 3 is 2.23 bits per heavy atom. The second-order valence-electron chi connectivity index (χ2n) is 8.36. The molecule has 0 saturated heterocycles. The summed E-state index contributed by atoms with van der Waals surface area (Å²) >= 11 is 0. The van der Waals surface area contributed by atoms with E-state index in [4.69, 9.17) is 4.43 Å². The summed E-state index contributed by atoms with van der Waals surface area (Å²) in [6, 6.07) is 0. The highest BCUT2D eigenvalue weighted by atomic mass is 28.4. The molecule has 0 aliphatic rings. The number of allylic oxidation sites excluding steroid dienone is 1. The zero-order valence-electron chi connectivity index (χ0n) is 18.1. The van der Waals surface area contributed by atoms with Crippen LogP contribution in [0.3, 0.4) is 0 Å². The summed E-state index contributed by atoms with van der Waals surface area (Å²) in [7, 11) is -1.54. The van der Waals surface area contributed by atoms with E-state index in [9.17, 15) is 0 Å². The van der Waals surface area contributed by atoms with Gasteiger partial charge >= 0.3 is 0 Å². The molecule has 0 unspecified atom stereocenters. The van der Waals surface area contributed by atoms with Gasteiger partial charge in [0.25, 0.3) is 0 Å². The molecule has 146 valence electrons. The molecule has 0 amide bonds. The minimum atomic E-state index is -1.54. The van der Waals surface area contributed by atoms with E-state index in [2.05, 4.69) is 76.3 Å². The summed E-state index contributed by atoms with van der Waals surface area (Å²) in [5.74, 6) is 11.6. The molecule has 0 saturated carbocycles. The van der Waals surface area contributed by atoms with E-state index in [1.54, 1.807) is 6.08 Å². The van der Waals surface area contributed by atoms with Crippen LogP contribution in [0.5, 0.6) is 0 Å². The summed E-state index contributed by atoms with van der Waals surface area (Å²) in [5.41, 5.74) is 3.12. The molecule has 1 nitrogen and oxygen atoms in total. The molecule has 0 aromatic carbocycles. The van der Waals surface area contributed by atoms with E-state index in [1.807, 2.05) is 0 Å². The number of unbranched alkanes of at least 4 members (excludes halogenated alkanes) is 7. The van der Waals surface area contributed by atoms with Crippen molar-refractivity contribution in [3.63, 3.8) is 0 Å². The van der Waals surface area contributed by atoms with Gasteiger partial charge in [0, 0.05) is 19.1 Å². The van der Waals surface area contributed by atoms with Crippen molar-refractivity contribution in [2.75, 3.05) is 6.61 Å². The van der Waals surface area contributed by atoms with Crippen LogP contribution in [0.4, 0.5) is 0 Å². The number of rotatable bonds is 11. The third-order valence-corrected chi connectivity index (χ3v) is 9.42. The summed E-state index contributed by atoms with van der Waals surface area (Å²) in [4.78, 5) is 0. The van der Waals surface area contributed by atoms with Gasteiger partial charge in [-0.1, -0.05) is 65.2 Å². The fourth-order valence-electron chi connectivity index (χ4n) is 2.09. The molecule has 0 radical (unpaired) electrons. The van der Waals surface area contributed by atoms with Crippen molar-refractivity contribution < 1.29 is 4.43 Å². The van der Waals surface area contributed by atoms with Gasteiger partial charge in [-0.05, 0) is 61.7 Å². The van der Waals surface area contributed by atoms with Crippen molar-refractivity contribution in [1.82, 2.24) is 0 Å². The Hall–Kier alpha value is -1.18. The Morgan fingerprint density at radius 1 is 0.923 bits per heavy atom. The first kappa shape index (κ1) is 24.8. The average Bonchev–Trinajstić information content (AvgIpc) is 2.56. The van der Waals surface area contributed by atoms with Gasteiger partial charge in [0.15, 0.2) is 8.32 Å². The van der Waals surface area contributed by atoms with E-state index in [0.717, 1.165) is 25.9 Å². The first-order valence-corrected chi connectivity index (χ1v) is 13.2. The van der Waals surface area contributed by atoms with Crippen LogP contribution < -0.4 is 0 Å². The molecule has 0 N–H and O–H groups in total. The topological polar surface area (TPSA) is 9.23 Å². The van der Waals surface area contributed by atoms with Crippen LogP contribution in [0, 0.1) is 23.7 Å². The molecular formula is C24H40OSi. The second kappa shape index (κ2) is 14.9. The molecule has 0 aromatic rings. The monoisotopic (exact) mass is 372 g/mol. The van der Waals surface area contributed by atoms with Gasteiger partial charge in [-0.2, -0.15) is 0 Å². The molecular weight excluding hydrogens is 332 g/mol. The van der Waals surface area contributed by atoms with Gasteiger partial charge in [0.1, 0.15) is 0 Å². The lowest BCUT2D eigenvalue weighted by Gasteiger charge is -2.36.